The maximum absolute atomic E-state index is 11.9. The van der Waals surface area contributed by atoms with Crippen LogP contribution in [0.4, 0.5) is 5.69 Å². The van der Waals surface area contributed by atoms with Gasteiger partial charge >= 0.3 is 0 Å². The first-order valence-corrected chi connectivity index (χ1v) is 7.26. The Hall–Kier alpha value is -1.91. The summed E-state index contributed by atoms with van der Waals surface area (Å²) < 4.78 is 15.8. The molecule has 5 heteroatoms. The van der Waals surface area contributed by atoms with Gasteiger partial charge in [0.1, 0.15) is 0 Å². The lowest BCUT2D eigenvalue weighted by Gasteiger charge is -2.14. The Bertz CT molecular complexity index is 435. The van der Waals surface area contributed by atoms with Crippen molar-refractivity contribution in [1.82, 2.24) is 0 Å². The number of benzene rings is 1. The van der Waals surface area contributed by atoms with Gasteiger partial charge in [0.25, 0.3) is 0 Å². The van der Waals surface area contributed by atoms with Crippen molar-refractivity contribution in [3.05, 3.63) is 12.1 Å². The fourth-order valence-electron chi connectivity index (χ4n) is 2.09. The Balaban J connectivity index is 2.72. The van der Waals surface area contributed by atoms with E-state index < -0.39 is 0 Å². The minimum Gasteiger partial charge on any atom is -0.493 e. The summed E-state index contributed by atoms with van der Waals surface area (Å²) in [5, 5.41) is 2.87. The van der Waals surface area contributed by atoms with E-state index in [0.717, 1.165) is 25.7 Å². The van der Waals surface area contributed by atoms with E-state index in [4.69, 9.17) is 14.2 Å². The maximum atomic E-state index is 11.9. The number of rotatable bonds is 9. The molecule has 1 rings (SSSR count). The lowest BCUT2D eigenvalue weighted by Crippen LogP contribution is -2.11. The van der Waals surface area contributed by atoms with Crippen LogP contribution in [-0.2, 0) is 4.79 Å². The van der Waals surface area contributed by atoms with E-state index in [0.29, 0.717) is 29.4 Å². The zero-order valence-corrected chi connectivity index (χ0v) is 13.3. The average Bonchev–Trinajstić information content (AvgIpc) is 2.50. The molecule has 0 fully saturated rings. The summed E-state index contributed by atoms with van der Waals surface area (Å²) in [4.78, 5) is 11.9. The molecule has 0 spiro atoms. The van der Waals surface area contributed by atoms with Crippen molar-refractivity contribution in [2.45, 2.75) is 39.0 Å². The molecule has 5 nitrogen and oxygen atoms in total. The quantitative estimate of drug-likeness (QED) is 0.707. The number of amides is 1. The minimum absolute atomic E-state index is 0.000348. The molecule has 0 aromatic heterocycles. The molecule has 0 aliphatic carbocycles. The van der Waals surface area contributed by atoms with Crippen molar-refractivity contribution < 1.29 is 19.0 Å². The highest BCUT2D eigenvalue weighted by atomic mass is 16.5. The van der Waals surface area contributed by atoms with Crippen LogP contribution >= 0.6 is 0 Å². The van der Waals surface area contributed by atoms with Gasteiger partial charge in [-0.2, -0.15) is 0 Å². The second kappa shape index (κ2) is 9.10. The number of ether oxygens (including phenoxy) is 3. The number of methoxy groups -OCH3 is 3. The van der Waals surface area contributed by atoms with Crippen LogP contribution in [0.5, 0.6) is 17.2 Å². The number of hydrogen-bond acceptors (Lipinski definition) is 4. The first kappa shape index (κ1) is 17.1. The third-order valence-corrected chi connectivity index (χ3v) is 3.21. The number of nitrogens with one attached hydrogen (secondary N) is 1. The number of anilines is 1. The standard InChI is InChI=1S/C16H25NO4/c1-5-6-7-8-9-15(18)17-12-10-13(19-2)16(21-4)14(11-12)20-3/h10-11H,5-9H2,1-4H3,(H,17,18). The average molecular weight is 295 g/mol. The van der Waals surface area contributed by atoms with Crippen LogP contribution < -0.4 is 19.5 Å². The molecule has 21 heavy (non-hydrogen) atoms. The molecule has 1 N–H and O–H groups in total. The van der Waals surface area contributed by atoms with E-state index in [2.05, 4.69) is 12.2 Å². The van der Waals surface area contributed by atoms with Gasteiger partial charge in [0.05, 0.1) is 21.3 Å². The molecule has 0 radical (unpaired) electrons. The van der Waals surface area contributed by atoms with E-state index in [9.17, 15) is 4.79 Å². The number of carbonyl (C=O) groups excluding carboxylic acids is 1. The van der Waals surface area contributed by atoms with Crippen LogP contribution in [-0.4, -0.2) is 27.2 Å². The Morgan fingerprint density at radius 3 is 2.10 bits per heavy atom. The summed E-state index contributed by atoms with van der Waals surface area (Å²) in [6, 6.07) is 3.45. The summed E-state index contributed by atoms with van der Waals surface area (Å²) in [6.45, 7) is 2.15. The predicted octanol–water partition coefficient (Wildman–Crippen LogP) is 3.62. The smallest absolute Gasteiger partial charge is 0.224 e. The van der Waals surface area contributed by atoms with Gasteiger partial charge in [-0.15, -0.1) is 0 Å². The largest absolute Gasteiger partial charge is 0.493 e. The molecule has 118 valence electrons. The van der Waals surface area contributed by atoms with Crippen LogP contribution in [0.2, 0.25) is 0 Å². The van der Waals surface area contributed by atoms with Crippen molar-refractivity contribution in [3.63, 3.8) is 0 Å². The van der Waals surface area contributed by atoms with Crippen LogP contribution in [0.25, 0.3) is 0 Å². The van der Waals surface area contributed by atoms with Gasteiger partial charge in [0, 0.05) is 24.2 Å². The minimum atomic E-state index is 0.000348. The van der Waals surface area contributed by atoms with E-state index in [-0.39, 0.29) is 5.91 Å². The van der Waals surface area contributed by atoms with Gasteiger partial charge in [0.2, 0.25) is 11.7 Å². The molecule has 0 unspecified atom stereocenters. The van der Waals surface area contributed by atoms with Crippen molar-refractivity contribution in [3.8, 4) is 17.2 Å². The highest BCUT2D eigenvalue weighted by Crippen LogP contribution is 2.39. The third-order valence-electron chi connectivity index (χ3n) is 3.21. The summed E-state index contributed by atoms with van der Waals surface area (Å²) in [7, 11) is 4.65. The molecule has 0 saturated carbocycles. The highest BCUT2D eigenvalue weighted by Gasteiger charge is 2.14. The zero-order chi connectivity index (χ0) is 15.7. The van der Waals surface area contributed by atoms with Crippen LogP contribution in [0.15, 0.2) is 12.1 Å². The molecule has 0 atom stereocenters. The fraction of sp³-hybridized carbons (Fsp3) is 0.562. The number of unbranched alkanes of at least 4 members (excludes halogenated alkanes) is 3. The van der Waals surface area contributed by atoms with Crippen molar-refractivity contribution >= 4 is 11.6 Å². The van der Waals surface area contributed by atoms with Crippen molar-refractivity contribution in [1.29, 1.82) is 0 Å². The molecule has 1 amide bonds. The monoisotopic (exact) mass is 295 g/mol. The maximum Gasteiger partial charge on any atom is 0.224 e. The molecule has 1 aromatic rings. The lowest BCUT2D eigenvalue weighted by atomic mass is 10.1. The second-order valence-corrected chi connectivity index (χ2v) is 4.77. The molecule has 1 aromatic carbocycles. The fourth-order valence-corrected chi connectivity index (χ4v) is 2.09. The second-order valence-electron chi connectivity index (χ2n) is 4.77. The molecule has 0 bridgehead atoms. The summed E-state index contributed by atoms with van der Waals surface area (Å²) >= 11 is 0. The van der Waals surface area contributed by atoms with Gasteiger partial charge in [-0.1, -0.05) is 26.2 Å². The zero-order valence-electron chi connectivity index (χ0n) is 13.3. The SMILES string of the molecule is CCCCCCC(=O)Nc1cc(OC)c(OC)c(OC)c1. The molecule has 0 aliphatic rings. The van der Waals surface area contributed by atoms with E-state index in [1.807, 2.05) is 0 Å². The Morgan fingerprint density at radius 1 is 1.00 bits per heavy atom. The van der Waals surface area contributed by atoms with E-state index >= 15 is 0 Å². The van der Waals surface area contributed by atoms with Gasteiger partial charge in [0.15, 0.2) is 11.5 Å². The Labute approximate surface area is 126 Å². The Morgan fingerprint density at radius 2 is 1.62 bits per heavy atom. The third kappa shape index (κ3) is 5.17. The first-order valence-electron chi connectivity index (χ1n) is 7.26. The number of hydrogen-bond donors (Lipinski definition) is 1. The molecule has 0 saturated heterocycles. The van der Waals surface area contributed by atoms with Crippen molar-refractivity contribution in [2.75, 3.05) is 26.6 Å². The predicted molar refractivity (Wildman–Crippen MR) is 83.5 cm³/mol. The topological polar surface area (TPSA) is 56.8 Å². The lowest BCUT2D eigenvalue weighted by molar-refractivity contribution is -0.116. The molecular formula is C16H25NO4. The van der Waals surface area contributed by atoms with Gasteiger partial charge in [-0.3, -0.25) is 4.79 Å². The molecule has 0 aliphatic heterocycles. The summed E-state index contributed by atoms with van der Waals surface area (Å²) in [6.07, 6.45) is 4.84. The van der Waals surface area contributed by atoms with E-state index in [1.54, 1.807) is 33.5 Å². The van der Waals surface area contributed by atoms with Crippen LogP contribution in [0.3, 0.4) is 0 Å². The van der Waals surface area contributed by atoms with Crippen LogP contribution in [0, 0.1) is 0 Å². The van der Waals surface area contributed by atoms with Crippen LogP contribution in [0.1, 0.15) is 39.0 Å². The summed E-state index contributed by atoms with van der Waals surface area (Å²) in [5.41, 5.74) is 0.644. The molecular weight excluding hydrogens is 270 g/mol. The van der Waals surface area contributed by atoms with E-state index in [1.165, 1.54) is 0 Å². The number of carbonyl (C=O) groups is 1. The first-order chi connectivity index (χ1) is 10.2. The van der Waals surface area contributed by atoms with Gasteiger partial charge < -0.3 is 19.5 Å². The van der Waals surface area contributed by atoms with Gasteiger partial charge in [-0.05, 0) is 6.42 Å². The summed E-state index contributed by atoms with van der Waals surface area (Å²) in [5.74, 6) is 1.57. The highest BCUT2D eigenvalue weighted by molar-refractivity contribution is 5.91. The Kier molecular flexibility index (Phi) is 7.43. The molecule has 0 heterocycles. The normalized spacial score (nSPS) is 10.1. The van der Waals surface area contributed by atoms with Crippen molar-refractivity contribution in [2.24, 2.45) is 0 Å². The van der Waals surface area contributed by atoms with Gasteiger partial charge in [-0.25, -0.2) is 0 Å².